The molecule has 0 aliphatic heterocycles. The highest BCUT2D eigenvalue weighted by molar-refractivity contribution is 6.35. The Morgan fingerprint density at radius 1 is 0.886 bits per heavy atom. The highest BCUT2D eigenvalue weighted by Crippen LogP contribution is 2.30. The largest absolute Gasteiger partial charge is 0.497 e. The first-order valence-corrected chi connectivity index (χ1v) is 14.3. The summed E-state index contributed by atoms with van der Waals surface area (Å²) >= 11 is 12.3. The molecule has 44 heavy (non-hydrogen) atoms. The number of rotatable bonds is 14. The van der Waals surface area contributed by atoms with Crippen LogP contribution in [0, 0.1) is 0 Å². The van der Waals surface area contributed by atoms with Crippen molar-refractivity contribution in [3.05, 3.63) is 106 Å². The van der Waals surface area contributed by atoms with Crippen LogP contribution in [0.3, 0.4) is 0 Å². The fourth-order valence-electron chi connectivity index (χ4n) is 3.89. The first kappa shape index (κ1) is 30.5. The van der Waals surface area contributed by atoms with Crippen LogP contribution in [0.4, 0.5) is 23.5 Å². The minimum Gasteiger partial charge on any atom is -0.497 e. The van der Waals surface area contributed by atoms with Gasteiger partial charge in [0.15, 0.2) is 11.5 Å². The number of anilines is 4. The summed E-state index contributed by atoms with van der Waals surface area (Å²) in [5.74, 6) is 3.47. The van der Waals surface area contributed by atoms with E-state index in [-0.39, 0.29) is 12.6 Å². The van der Waals surface area contributed by atoms with Gasteiger partial charge in [-0.2, -0.15) is 20.1 Å². The van der Waals surface area contributed by atoms with Crippen molar-refractivity contribution in [2.24, 2.45) is 5.10 Å². The summed E-state index contributed by atoms with van der Waals surface area (Å²) in [4.78, 5) is 13.4. The third kappa shape index (κ3) is 8.52. The van der Waals surface area contributed by atoms with Gasteiger partial charge in [0.25, 0.3) is 0 Å². The molecule has 0 saturated heterocycles. The number of hydrogen-bond donors (Lipinski definition) is 3. The number of aromatic nitrogens is 3. The van der Waals surface area contributed by atoms with E-state index >= 15 is 0 Å². The smallest absolute Gasteiger partial charge is 0.250 e. The molecule has 0 bridgehead atoms. The van der Waals surface area contributed by atoms with E-state index in [2.05, 4.69) is 36.1 Å². The Morgan fingerprint density at radius 3 is 2.45 bits per heavy atom. The van der Waals surface area contributed by atoms with Gasteiger partial charge in [0.2, 0.25) is 17.8 Å². The first-order chi connectivity index (χ1) is 21.5. The van der Waals surface area contributed by atoms with Crippen LogP contribution in [0.1, 0.15) is 23.8 Å². The van der Waals surface area contributed by atoms with Crippen molar-refractivity contribution in [2.75, 3.05) is 29.8 Å². The minimum atomic E-state index is 0.221. The number of benzene rings is 3. The maximum absolute atomic E-state index is 6.29. The maximum atomic E-state index is 6.29. The lowest BCUT2D eigenvalue weighted by Crippen LogP contribution is -2.09. The monoisotopic (exact) mass is 633 g/mol. The van der Waals surface area contributed by atoms with E-state index in [1.807, 2.05) is 67.6 Å². The third-order valence-corrected chi connectivity index (χ3v) is 6.61. The molecule has 3 aromatic carbocycles. The molecule has 0 amide bonds. The summed E-state index contributed by atoms with van der Waals surface area (Å²) < 4.78 is 22.4. The Labute approximate surface area is 264 Å². The molecule has 0 aliphatic carbocycles. The van der Waals surface area contributed by atoms with E-state index in [1.165, 1.54) is 0 Å². The van der Waals surface area contributed by atoms with Gasteiger partial charge in [-0.25, -0.2) is 5.43 Å². The van der Waals surface area contributed by atoms with Crippen LogP contribution in [0.15, 0.2) is 88.6 Å². The maximum Gasteiger partial charge on any atom is 0.250 e. The van der Waals surface area contributed by atoms with E-state index in [1.54, 1.807) is 31.7 Å². The third-order valence-electron chi connectivity index (χ3n) is 6.03. The van der Waals surface area contributed by atoms with Gasteiger partial charge < -0.3 is 29.3 Å². The highest BCUT2D eigenvalue weighted by atomic mass is 35.5. The lowest BCUT2D eigenvalue weighted by atomic mass is 10.2. The predicted molar refractivity (Wildman–Crippen MR) is 172 cm³/mol. The second kappa shape index (κ2) is 14.9. The molecular weight excluding hydrogens is 605 g/mol. The molecule has 0 atom stereocenters. The zero-order chi connectivity index (χ0) is 30.7. The molecular formula is C31H29Cl2N7O4. The van der Waals surface area contributed by atoms with Gasteiger partial charge in [-0.15, -0.1) is 0 Å². The average molecular weight is 635 g/mol. The van der Waals surface area contributed by atoms with Crippen LogP contribution in [0.5, 0.6) is 17.2 Å². The quantitative estimate of drug-likeness (QED) is 0.0832. The second-order valence-electron chi connectivity index (χ2n) is 9.13. The SMILES string of the molecule is CCOc1cc(C=NNc2nc(NCc3ccco3)nc(Nc3ccc(OC)cc3)n2)ccc1OCc1ccc(Cl)cc1Cl. The van der Waals surface area contributed by atoms with Gasteiger partial charge in [-0.05, 0) is 79.2 Å². The summed E-state index contributed by atoms with van der Waals surface area (Å²) in [6.07, 6.45) is 3.23. The molecule has 2 heterocycles. The van der Waals surface area contributed by atoms with Gasteiger partial charge in [-0.3, -0.25) is 0 Å². The molecule has 11 nitrogen and oxygen atoms in total. The summed E-state index contributed by atoms with van der Waals surface area (Å²) in [7, 11) is 1.61. The van der Waals surface area contributed by atoms with E-state index in [0.29, 0.717) is 46.6 Å². The van der Waals surface area contributed by atoms with Crippen LogP contribution >= 0.6 is 23.2 Å². The van der Waals surface area contributed by atoms with Gasteiger partial charge in [0.05, 0.1) is 32.7 Å². The Kier molecular flexibility index (Phi) is 10.3. The molecule has 226 valence electrons. The molecule has 2 aromatic heterocycles. The standard InChI is InChI=1S/C31H29Cl2N7O4/c1-3-42-28-15-20(6-13-27(28)44-19-21-7-8-22(32)16-26(21)33)17-35-40-31-38-29(34-18-25-5-4-14-43-25)37-30(39-31)36-23-9-11-24(41-2)12-10-23/h4-17H,3,18-19H2,1-2H3,(H3,34,36,37,38,39,40). The number of furan rings is 1. The lowest BCUT2D eigenvalue weighted by Gasteiger charge is -2.13. The van der Waals surface area contributed by atoms with E-state index < -0.39 is 0 Å². The Balaban J connectivity index is 1.29. The molecule has 13 heteroatoms. The number of nitrogens with one attached hydrogen (secondary N) is 3. The zero-order valence-electron chi connectivity index (χ0n) is 23.9. The fraction of sp³-hybridized carbons (Fsp3) is 0.161. The molecule has 0 saturated carbocycles. The number of hydrazone groups is 1. The second-order valence-corrected chi connectivity index (χ2v) is 9.97. The Hall–Kier alpha value is -5.00. The number of halogens is 2. The van der Waals surface area contributed by atoms with Crippen molar-refractivity contribution in [3.8, 4) is 17.2 Å². The van der Waals surface area contributed by atoms with Crippen LogP contribution in [0.25, 0.3) is 0 Å². The zero-order valence-corrected chi connectivity index (χ0v) is 25.4. The summed E-state index contributed by atoms with van der Waals surface area (Å²) in [6.45, 7) is 3.01. The molecule has 0 aliphatic rings. The molecule has 0 unspecified atom stereocenters. The molecule has 0 fully saturated rings. The van der Waals surface area contributed by atoms with E-state index in [9.17, 15) is 0 Å². The summed E-state index contributed by atoms with van der Waals surface area (Å²) in [6, 6.07) is 21.8. The average Bonchev–Trinajstić information content (AvgIpc) is 3.55. The highest BCUT2D eigenvalue weighted by Gasteiger charge is 2.10. The van der Waals surface area contributed by atoms with Gasteiger partial charge >= 0.3 is 0 Å². The van der Waals surface area contributed by atoms with Crippen molar-refractivity contribution in [3.63, 3.8) is 0 Å². The summed E-state index contributed by atoms with van der Waals surface area (Å²) in [5.41, 5.74) is 5.23. The number of methoxy groups -OCH3 is 1. The molecule has 5 aromatic rings. The van der Waals surface area contributed by atoms with Crippen molar-refractivity contribution < 1.29 is 18.6 Å². The molecule has 5 rings (SSSR count). The van der Waals surface area contributed by atoms with Crippen molar-refractivity contribution >= 4 is 52.9 Å². The van der Waals surface area contributed by atoms with Crippen LogP contribution in [-0.4, -0.2) is 34.9 Å². The van der Waals surface area contributed by atoms with Gasteiger partial charge in [0, 0.05) is 21.3 Å². The van der Waals surface area contributed by atoms with Crippen LogP contribution in [0.2, 0.25) is 10.0 Å². The number of nitrogens with zero attached hydrogens (tertiary/aromatic N) is 4. The number of ether oxygens (including phenoxy) is 3. The van der Waals surface area contributed by atoms with E-state index in [4.69, 9.17) is 41.8 Å². The topological polar surface area (TPSA) is 128 Å². The minimum absolute atomic E-state index is 0.221. The van der Waals surface area contributed by atoms with Crippen molar-refractivity contribution in [1.82, 2.24) is 15.0 Å². The van der Waals surface area contributed by atoms with Crippen LogP contribution < -0.4 is 30.3 Å². The summed E-state index contributed by atoms with van der Waals surface area (Å²) in [5, 5.41) is 11.8. The predicted octanol–water partition coefficient (Wildman–Crippen LogP) is 7.56. The van der Waals surface area contributed by atoms with Gasteiger partial charge in [0.1, 0.15) is 18.1 Å². The molecule has 0 spiro atoms. The fourth-order valence-corrected chi connectivity index (χ4v) is 4.36. The number of hydrogen-bond acceptors (Lipinski definition) is 11. The van der Waals surface area contributed by atoms with E-state index in [0.717, 1.165) is 28.3 Å². The normalized spacial score (nSPS) is 10.9. The van der Waals surface area contributed by atoms with Crippen molar-refractivity contribution in [1.29, 1.82) is 0 Å². The lowest BCUT2D eigenvalue weighted by molar-refractivity contribution is 0.269. The van der Waals surface area contributed by atoms with Crippen LogP contribution in [-0.2, 0) is 13.2 Å². The first-order valence-electron chi connectivity index (χ1n) is 13.5. The Morgan fingerprint density at radius 2 is 1.70 bits per heavy atom. The van der Waals surface area contributed by atoms with Crippen molar-refractivity contribution in [2.45, 2.75) is 20.1 Å². The molecule has 3 N–H and O–H groups in total. The molecule has 0 radical (unpaired) electrons. The Bertz CT molecular complexity index is 1700. The van der Waals surface area contributed by atoms with Gasteiger partial charge in [-0.1, -0.05) is 29.3 Å².